The maximum Gasteiger partial charge on any atom is 0.307 e. The molecular weight excluding hydrogens is 466 g/mol. The molecule has 0 spiro atoms. The fourth-order valence-electron chi connectivity index (χ4n) is 3.80. The van der Waals surface area contributed by atoms with Crippen LogP contribution in [0.25, 0.3) is 0 Å². The zero-order valence-corrected chi connectivity index (χ0v) is 21.1. The highest BCUT2D eigenvalue weighted by atomic mass is 16.5. The van der Waals surface area contributed by atoms with E-state index in [2.05, 4.69) is 40.7 Å². The number of piperidine rings is 1. The van der Waals surface area contributed by atoms with Gasteiger partial charge in [-0.15, -0.1) is 0 Å². The van der Waals surface area contributed by atoms with Crippen LogP contribution in [0.1, 0.15) is 25.7 Å². The Morgan fingerprint density at radius 3 is 2.86 bits per heavy atom. The molecule has 1 aromatic rings. The lowest BCUT2D eigenvalue weighted by Crippen LogP contribution is -2.37. The summed E-state index contributed by atoms with van der Waals surface area (Å²) in [6, 6.07) is 2.38. The van der Waals surface area contributed by atoms with Crippen molar-refractivity contribution < 1.29 is 19.0 Å². The second-order valence-corrected chi connectivity index (χ2v) is 8.50. The predicted octanol–water partition coefficient (Wildman–Crippen LogP) is 0.244. The Bertz CT molecular complexity index is 856. The second kappa shape index (κ2) is 15.9. The number of nitrogens with zero attached hydrogens (tertiary/aromatic N) is 5. The third-order valence-electron chi connectivity index (χ3n) is 5.83. The number of ether oxygens (including phenoxy) is 3. The average Bonchev–Trinajstić information content (AvgIpc) is 2.92. The molecule has 0 atom stereocenters. The number of hydrazone groups is 1. The van der Waals surface area contributed by atoms with E-state index in [1.165, 1.54) is 7.11 Å². The summed E-state index contributed by atoms with van der Waals surface area (Å²) >= 11 is 0. The third kappa shape index (κ3) is 9.91. The summed E-state index contributed by atoms with van der Waals surface area (Å²) in [5, 5.41) is 14.0. The number of nitrogens with two attached hydrogens (primary N) is 1. The van der Waals surface area contributed by atoms with Gasteiger partial charge in [-0.05, 0) is 32.4 Å². The van der Waals surface area contributed by atoms with E-state index in [0.717, 1.165) is 57.1 Å². The number of aromatic nitrogens is 2. The molecule has 5 N–H and O–H groups in total. The zero-order valence-electron chi connectivity index (χ0n) is 21.1. The largest absolute Gasteiger partial charge is 0.469 e. The highest BCUT2D eigenvalue weighted by Crippen LogP contribution is 2.21. The fraction of sp³-hybridized carbons (Fsp3) is 0.696. The van der Waals surface area contributed by atoms with Crippen LogP contribution < -0.4 is 26.7 Å². The van der Waals surface area contributed by atoms with Crippen LogP contribution in [0.3, 0.4) is 0 Å². The van der Waals surface area contributed by atoms with Crippen LogP contribution in [0.15, 0.2) is 16.2 Å². The Morgan fingerprint density at radius 2 is 2.11 bits per heavy atom. The van der Waals surface area contributed by atoms with E-state index < -0.39 is 0 Å². The number of carbonyl (C=O) groups excluding carboxylic acids is 1. The van der Waals surface area contributed by atoms with Crippen LogP contribution in [0.4, 0.5) is 17.6 Å². The summed E-state index contributed by atoms with van der Waals surface area (Å²) in [4.78, 5) is 27.0. The van der Waals surface area contributed by atoms with E-state index in [0.29, 0.717) is 57.2 Å². The van der Waals surface area contributed by atoms with Crippen molar-refractivity contribution in [2.75, 3.05) is 88.3 Å². The summed E-state index contributed by atoms with van der Waals surface area (Å²) in [7, 11) is 1.36. The summed E-state index contributed by atoms with van der Waals surface area (Å²) in [6.07, 6.45) is 4.72. The van der Waals surface area contributed by atoms with Gasteiger partial charge in [0.2, 0.25) is 5.95 Å². The highest BCUT2D eigenvalue weighted by Gasteiger charge is 2.18. The Labute approximate surface area is 212 Å². The summed E-state index contributed by atoms with van der Waals surface area (Å²) in [5.41, 5.74) is 0.579. The number of anilines is 3. The van der Waals surface area contributed by atoms with Crippen LogP contribution >= 0.6 is 0 Å². The topological polar surface area (TPSA) is 161 Å². The molecule has 0 amide bonds. The molecule has 2 fully saturated rings. The molecule has 2 aliphatic rings. The van der Waals surface area contributed by atoms with Gasteiger partial charge < -0.3 is 40.9 Å². The van der Waals surface area contributed by atoms with E-state index in [9.17, 15) is 4.79 Å². The van der Waals surface area contributed by atoms with Gasteiger partial charge in [-0.2, -0.15) is 15.1 Å². The van der Waals surface area contributed by atoms with Gasteiger partial charge in [0, 0.05) is 44.6 Å². The quantitative estimate of drug-likeness (QED) is 0.0901. The van der Waals surface area contributed by atoms with Crippen LogP contribution in [-0.4, -0.2) is 107 Å². The molecule has 0 radical (unpaired) electrons. The molecule has 0 aromatic carbocycles. The van der Waals surface area contributed by atoms with Gasteiger partial charge in [-0.25, -0.2) is 0 Å². The van der Waals surface area contributed by atoms with Gasteiger partial charge in [0.05, 0.1) is 45.6 Å². The van der Waals surface area contributed by atoms with Crippen molar-refractivity contribution in [3.63, 3.8) is 0 Å². The first-order chi connectivity index (χ1) is 17.7. The molecule has 1 aromatic heterocycles. The third-order valence-corrected chi connectivity index (χ3v) is 5.83. The van der Waals surface area contributed by atoms with Crippen LogP contribution in [0.2, 0.25) is 0 Å². The molecule has 0 bridgehead atoms. The molecular formula is C23H39N9O4. The highest BCUT2D eigenvalue weighted by molar-refractivity contribution is 6.32. The van der Waals surface area contributed by atoms with Crippen molar-refractivity contribution in [1.82, 2.24) is 15.3 Å². The van der Waals surface area contributed by atoms with E-state index in [-0.39, 0.29) is 12.4 Å². The van der Waals surface area contributed by atoms with Gasteiger partial charge in [0.1, 0.15) is 11.6 Å². The summed E-state index contributed by atoms with van der Waals surface area (Å²) in [5.74, 6) is 7.45. The molecule has 3 rings (SSSR count). The normalized spacial score (nSPS) is 17.4. The first kappa shape index (κ1) is 27.6. The van der Waals surface area contributed by atoms with Gasteiger partial charge in [-0.3, -0.25) is 9.79 Å². The minimum Gasteiger partial charge on any atom is -0.469 e. The van der Waals surface area contributed by atoms with Crippen molar-refractivity contribution in [2.45, 2.75) is 31.7 Å². The lowest BCUT2D eigenvalue weighted by atomic mass is 10.1. The first-order valence-electron chi connectivity index (χ1n) is 12.5. The molecule has 3 heterocycles. The van der Waals surface area contributed by atoms with Crippen LogP contribution in [0, 0.1) is 0 Å². The van der Waals surface area contributed by atoms with Crippen molar-refractivity contribution in [3.05, 3.63) is 6.07 Å². The molecule has 200 valence electrons. The maximum absolute atomic E-state index is 11.0. The Balaban J connectivity index is 1.50. The number of carbonyl (C=O) groups is 1. The van der Waals surface area contributed by atoms with Gasteiger partial charge >= 0.3 is 5.97 Å². The van der Waals surface area contributed by atoms with E-state index >= 15 is 0 Å². The van der Waals surface area contributed by atoms with Gasteiger partial charge in [0.25, 0.3) is 0 Å². The molecule has 13 heteroatoms. The molecule has 0 unspecified atom stereocenters. The average molecular weight is 506 g/mol. The monoisotopic (exact) mass is 505 g/mol. The molecule has 36 heavy (non-hydrogen) atoms. The van der Waals surface area contributed by atoms with E-state index in [1.54, 1.807) is 6.21 Å². The molecule has 2 saturated heterocycles. The summed E-state index contributed by atoms with van der Waals surface area (Å²) in [6.45, 7) is 6.69. The fourth-order valence-corrected chi connectivity index (χ4v) is 3.80. The Kier molecular flexibility index (Phi) is 12.1. The zero-order chi connectivity index (χ0) is 25.4. The molecule has 2 aliphatic heterocycles. The minimum atomic E-state index is -0.280. The molecule has 0 saturated carbocycles. The number of hydrogen-bond donors (Lipinski definition) is 4. The Morgan fingerprint density at radius 1 is 1.31 bits per heavy atom. The van der Waals surface area contributed by atoms with E-state index in [4.69, 9.17) is 20.3 Å². The SMILES string of the molecule is COC(=O)CCOCCCN=C/C(CNc1nc(NC2CCNCC2)cc(N2CCOCC2)n1)=N\N. The van der Waals surface area contributed by atoms with Crippen molar-refractivity contribution in [1.29, 1.82) is 0 Å². The number of esters is 1. The number of methoxy groups -OCH3 is 1. The molecule has 0 aliphatic carbocycles. The van der Waals surface area contributed by atoms with Crippen LogP contribution in [-0.2, 0) is 19.0 Å². The minimum absolute atomic E-state index is 0.249. The van der Waals surface area contributed by atoms with Crippen molar-refractivity contribution >= 4 is 35.5 Å². The standard InChI is InChI=1S/C23H39N9O4/c1-34-22(33)5-12-35-11-2-6-26-16-19(31-24)17-27-23-29-20(28-18-3-7-25-8-4-18)15-21(30-23)32-9-13-36-14-10-32/h15-16,18,25H,2-14,17,24H2,1H3,(H2,27,28,29,30)/b26-16?,31-19+. The van der Waals surface area contributed by atoms with E-state index in [1.807, 2.05) is 6.07 Å². The smallest absolute Gasteiger partial charge is 0.307 e. The van der Waals surface area contributed by atoms with Crippen molar-refractivity contribution in [2.24, 2.45) is 15.9 Å². The maximum atomic E-state index is 11.0. The summed E-state index contributed by atoms with van der Waals surface area (Å²) < 4.78 is 15.5. The number of hydrogen-bond acceptors (Lipinski definition) is 13. The molecule has 13 nitrogen and oxygen atoms in total. The number of aliphatic imine (C=N–C) groups is 1. The van der Waals surface area contributed by atoms with Crippen LogP contribution in [0.5, 0.6) is 0 Å². The van der Waals surface area contributed by atoms with Gasteiger partial charge in [0.15, 0.2) is 0 Å². The lowest BCUT2D eigenvalue weighted by Gasteiger charge is -2.29. The van der Waals surface area contributed by atoms with Crippen molar-refractivity contribution in [3.8, 4) is 0 Å². The van der Waals surface area contributed by atoms with Gasteiger partial charge in [-0.1, -0.05) is 0 Å². The predicted molar refractivity (Wildman–Crippen MR) is 140 cm³/mol. The first-order valence-corrected chi connectivity index (χ1v) is 12.5. The number of nitrogens with one attached hydrogen (secondary N) is 3. The Hall–Kier alpha value is -3.03. The number of morpholine rings is 1. The number of rotatable bonds is 14. The second-order valence-electron chi connectivity index (χ2n) is 8.50. The lowest BCUT2D eigenvalue weighted by molar-refractivity contribution is -0.141.